The van der Waals surface area contributed by atoms with Crippen LogP contribution >= 0.6 is 0 Å². The molecular formula is C28H26N4O2. The van der Waals surface area contributed by atoms with Gasteiger partial charge in [-0.2, -0.15) is 5.10 Å². The van der Waals surface area contributed by atoms with Crippen LogP contribution in [-0.2, 0) is 4.79 Å². The second kappa shape index (κ2) is 8.63. The summed E-state index contributed by atoms with van der Waals surface area (Å²) in [5.74, 6) is -0.286. The first kappa shape index (κ1) is 21.6. The maximum Gasteiger partial charge on any atom is 0.251 e. The molecule has 0 aliphatic carbocycles. The van der Waals surface area contributed by atoms with E-state index in [-0.39, 0.29) is 17.7 Å². The number of aromatic nitrogens is 2. The molecule has 170 valence electrons. The van der Waals surface area contributed by atoms with E-state index in [1.165, 1.54) is 0 Å². The van der Waals surface area contributed by atoms with Gasteiger partial charge in [-0.25, -0.2) is 4.68 Å². The first-order chi connectivity index (χ1) is 16.4. The van der Waals surface area contributed by atoms with Crippen LogP contribution in [-0.4, -0.2) is 27.6 Å². The minimum atomic E-state index is -0.783. The second-order valence-corrected chi connectivity index (χ2v) is 8.80. The standard InChI is InChI=1S/C28H26N4O2/c1-17-9-7-11-20(15-17)24-23-19(3)31-32(22-13-5-4-6-14-22)26(23)30-28(34)25(24)29-27(33)21-12-8-10-18(2)16-21/h4-16,24-25H,1-3H3,(H,29,33)(H,30,34)/t24-,25+/m0/s1. The molecule has 6 heteroatoms. The number of hydrogen-bond donors (Lipinski definition) is 2. The maximum atomic E-state index is 13.5. The Labute approximate surface area is 198 Å². The molecule has 1 aliphatic heterocycles. The highest BCUT2D eigenvalue weighted by molar-refractivity contribution is 6.04. The van der Waals surface area contributed by atoms with Gasteiger partial charge in [-0.15, -0.1) is 0 Å². The number of benzene rings is 3. The molecule has 0 fully saturated rings. The number of nitrogens with one attached hydrogen (secondary N) is 2. The number of amides is 2. The van der Waals surface area contributed by atoms with Gasteiger partial charge in [0.15, 0.2) is 0 Å². The third-order valence-electron chi connectivity index (χ3n) is 6.24. The van der Waals surface area contributed by atoms with Gasteiger partial charge in [0.2, 0.25) is 5.91 Å². The van der Waals surface area contributed by atoms with Gasteiger partial charge in [-0.3, -0.25) is 9.59 Å². The van der Waals surface area contributed by atoms with E-state index in [0.29, 0.717) is 11.4 Å². The quantitative estimate of drug-likeness (QED) is 0.474. The van der Waals surface area contributed by atoms with Crippen LogP contribution in [0.3, 0.4) is 0 Å². The first-order valence-electron chi connectivity index (χ1n) is 11.3. The highest BCUT2D eigenvalue weighted by Gasteiger charge is 2.41. The predicted molar refractivity (Wildman–Crippen MR) is 132 cm³/mol. The SMILES string of the molecule is Cc1cccc(C(=O)N[C@H]2C(=O)Nc3c(c(C)nn3-c3ccccc3)[C@@H]2c2cccc(C)c2)c1. The highest BCUT2D eigenvalue weighted by atomic mass is 16.2. The van der Waals surface area contributed by atoms with Crippen LogP contribution in [0.1, 0.15) is 44.2 Å². The molecule has 0 unspecified atom stereocenters. The Bertz CT molecular complexity index is 1390. The summed E-state index contributed by atoms with van der Waals surface area (Å²) in [5.41, 5.74) is 6.13. The van der Waals surface area contributed by atoms with E-state index in [1.54, 1.807) is 10.7 Å². The maximum absolute atomic E-state index is 13.5. The molecule has 2 heterocycles. The fraction of sp³-hybridized carbons (Fsp3) is 0.179. The van der Waals surface area contributed by atoms with Crippen molar-refractivity contribution in [3.8, 4) is 5.69 Å². The van der Waals surface area contributed by atoms with Crippen LogP contribution in [0.4, 0.5) is 5.82 Å². The van der Waals surface area contributed by atoms with Crippen LogP contribution in [0.15, 0.2) is 78.9 Å². The molecule has 6 nitrogen and oxygen atoms in total. The molecule has 0 saturated carbocycles. The van der Waals surface area contributed by atoms with Gasteiger partial charge < -0.3 is 10.6 Å². The molecule has 4 aromatic rings. The Balaban J connectivity index is 1.63. The number of carbonyl (C=O) groups excluding carboxylic acids is 2. The topological polar surface area (TPSA) is 76.0 Å². The lowest BCUT2D eigenvalue weighted by molar-refractivity contribution is -0.118. The fourth-order valence-corrected chi connectivity index (χ4v) is 4.68. The van der Waals surface area contributed by atoms with Gasteiger partial charge in [0.25, 0.3) is 5.91 Å². The molecule has 0 saturated heterocycles. The highest BCUT2D eigenvalue weighted by Crippen LogP contribution is 2.40. The van der Waals surface area contributed by atoms with E-state index in [4.69, 9.17) is 5.10 Å². The Hall–Kier alpha value is -4.19. The largest absolute Gasteiger partial charge is 0.339 e. The van der Waals surface area contributed by atoms with Crippen LogP contribution in [0.2, 0.25) is 0 Å². The summed E-state index contributed by atoms with van der Waals surface area (Å²) in [6.07, 6.45) is 0. The number of para-hydroxylation sites is 1. The minimum Gasteiger partial charge on any atom is -0.339 e. The van der Waals surface area contributed by atoms with Gasteiger partial charge in [-0.1, -0.05) is 65.7 Å². The summed E-state index contributed by atoms with van der Waals surface area (Å²) in [4.78, 5) is 26.7. The van der Waals surface area contributed by atoms with Crippen molar-refractivity contribution in [3.63, 3.8) is 0 Å². The molecule has 2 atom stereocenters. The van der Waals surface area contributed by atoms with Gasteiger partial charge in [0.05, 0.1) is 11.4 Å². The molecule has 2 amide bonds. The lowest BCUT2D eigenvalue weighted by Gasteiger charge is -2.33. The molecule has 1 aliphatic rings. The zero-order valence-corrected chi connectivity index (χ0v) is 19.4. The van der Waals surface area contributed by atoms with E-state index in [2.05, 4.69) is 16.7 Å². The number of nitrogens with zero attached hydrogens (tertiary/aromatic N) is 2. The fourth-order valence-electron chi connectivity index (χ4n) is 4.68. The second-order valence-electron chi connectivity index (χ2n) is 8.80. The van der Waals surface area contributed by atoms with Crippen molar-refractivity contribution in [1.82, 2.24) is 15.1 Å². The Morgan fingerprint density at radius 1 is 0.912 bits per heavy atom. The molecule has 0 bridgehead atoms. The summed E-state index contributed by atoms with van der Waals surface area (Å²) in [6.45, 7) is 5.90. The van der Waals surface area contributed by atoms with Crippen molar-refractivity contribution in [3.05, 3.63) is 112 Å². The molecule has 2 N–H and O–H groups in total. The summed E-state index contributed by atoms with van der Waals surface area (Å²) in [7, 11) is 0. The van der Waals surface area contributed by atoms with Crippen LogP contribution in [0.25, 0.3) is 5.69 Å². The van der Waals surface area contributed by atoms with Crippen LogP contribution in [0.5, 0.6) is 0 Å². The minimum absolute atomic E-state index is 0.267. The number of carbonyl (C=O) groups is 2. The van der Waals surface area contributed by atoms with E-state index >= 15 is 0 Å². The van der Waals surface area contributed by atoms with E-state index in [9.17, 15) is 9.59 Å². The third kappa shape index (κ3) is 3.88. The van der Waals surface area contributed by atoms with Gasteiger partial charge in [0, 0.05) is 17.0 Å². The number of fused-ring (bicyclic) bond motifs is 1. The third-order valence-corrected chi connectivity index (χ3v) is 6.24. The number of anilines is 1. The molecule has 1 aromatic heterocycles. The lowest BCUT2D eigenvalue weighted by Crippen LogP contribution is -2.50. The first-order valence-corrected chi connectivity index (χ1v) is 11.3. The van der Waals surface area contributed by atoms with Crippen molar-refractivity contribution in [2.45, 2.75) is 32.7 Å². The Morgan fingerprint density at radius 3 is 2.32 bits per heavy atom. The van der Waals surface area contributed by atoms with Crippen molar-refractivity contribution in [1.29, 1.82) is 0 Å². The van der Waals surface area contributed by atoms with Gasteiger partial charge >= 0.3 is 0 Å². The number of aryl methyl sites for hydroxylation is 3. The molecule has 34 heavy (non-hydrogen) atoms. The van der Waals surface area contributed by atoms with E-state index < -0.39 is 6.04 Å². The van der Waals surface area contributed by atoms with Crippen LogP contribution in [0, 0.1) is 20.8 Å². The predicted octanol–water partition coefficient (Wildman–Crippen LogP) is 4.68. The lowest BCUT2D eigenvalue weighted by atomic mass is 9.81. The van der Waals surface area contributed by atoms with E-state index in [0.717, 1.165) is 33.6 Å². The Morgan fingerprint density at radius 2 is 1.62 bits per heavy atom. The van der Waals surface area contributed by atoms with Crippen molar-refractivity contribution in [2.24, 2.45) is 0 Å². The molecular weight excluding hydrogens is 424 g/mol. The van der Waals surface area contributed by atoms with Crippen LogP contribution < -0.4 is 10.6 Å². The van der Waals surface area contributed by atoms with E-state index in [1.807, 2.05) is 87.5 Å². The molecule has 0 spiro atoms. The Kier molecular flexibility index (Phi) is 5.49. The van der Waals surface area contributed by atoms with Crippen molar-refractivity contribution < 1.29 is 9.59 Å². The zero-order chi connectivity index (χ0) is 23.8. The molecule has 3 aromatic carbocycles. The van der Waals surface area contributed by atoms with Crippen molar-refractivity contribution in [2.75, 3.05) is 5.32 Å². The molecule has 0 radical (unpaired) electrons. The number of rotatable bonds is 4. The monoisotopic (exact) mass is 450 g/mol. The summed E-state index contributed by atoms with van der Waals surface area (Å²) in [6, 6.07) is 24.4. The smallest absolute Gasteiger partial charge is 0.251 e. The van der Waals surface area contributed by atoms with Gasteiger partial charge in [-0.05, 0) is 50.6 Å². The summed E-state index contributed by atoms with van der Waals surface area (Å²) in [5, 5.41) is 10.8. The normalized spacial score (nSPS) is 17.1. The average Bonchev–Trinajstić information content (AvgIpc) is 3.15. The zero-order valence-electron chi connectivity index (χ0n) is 19.4. The van der Waals surface area contributed by atoms with Crippen molar-refractivity contribution >= 4 is 17.6 Å². The average molecular weight is 451 g/mol. The molecule has 5 rings (SSSR count). The number of hydrogen-bond acceptors (Lipinski definition) is 3. The van der Waals surface area contributed by atoms with Gasteiger partial charge in [0.1, 0.15) is 11.9 Å². The summed E-state index contributed by atoms with van der Waals surface area (Å²) < 4.78 is 1.77. The summed E-state index contributed by atoms with van der Waals surface area (Å²) >= 11 is 0.